The third-order valence-electron chi connectivity index (χ3n) is 2.44. The van der Waals surface area contributed by atoms with Crippen molar-refractivity contribution >= 4 is 17.3 Å². The number of hydrogen-bond acceptors (Lipinski definition) is 1. The number of anilines is 1. The zero-order chi connectivity index (χ0) is 11.3. The average molecular weight is 230 g/mol. The van der Waals surface area contributed by atoms with Crippen LogP contribution in [0.4, 0.5) is 10.1 Å². The van der Waals surface area contributed by atoms with Crippen LogP contribution in [0.3, 0.4) is 0 Å². The van der Waals surface area contributed by atoms with Crippen LogP contribution in [0, 0.1) is 5.82 Å². The Morgan fingerprint density at radius 2 is 2.13 bits per heavy atom. The molecule has 1 aromatic rings. The summed E-state index contributed by atoms with van der Waals surface area (Å²) < 4.78 is 13.5. The Hall–Kier alpha value is -0.760. The molecule has 1 aromatic carbocycles. The smallest absolute Gasteiger partial charge is 0.164 e. The van der Waals surface area contributed by atoms with E-state index in [1.165, 1.54) is 0 Å². The molecule has 0 aromatic heterocycles. The first kappa shape index (κ1) is 12.3. The predicted molar refractivity (Wildman–Crippen MR) is 64.0 cm³/mol. The van der Waals surface area contributed by atoms with Crippen LogP contribution in [-0.4, -0.2) is 6.04 Å². The van der Waals surface area contributed by atoms with Gasteiger partial charge < -0.3 is 5.32 Å². The van der Waals surface area contributed by atoms with Gasteiger partial charge in [-0.3, -0.25) is 0 Å². The van der Waals surface area contributed by atoms with E-state index in [0.29, 0.717) is 11.7 Å². The first-order chi connectivity index (χ1) is 7.19. The van der Waals surface area contributed by atoms with E-state index in [1.807, 2.05) is 0 Å². The summed E-state index contributed by atoms with van der Waals surface area (Å²) in [5, 5.41) is 3.35. The Bertz CT molecular complexity index is 314. The molecule has 0 fully saturated rings. The first-order valence-electron chi connectivity index (χ1n) is 5.39. The third-order valence-corrected chi connectivity index (χ3v) is 2.73. The van der Waals surface area contributed by atoms with Gasteiger partial charge in [-0.2, -0.15) is 0 Å². The molecular formula is C12H17ClFN. The standard InChI is InChI=1S/C12H17ClFN/c1-3-6-9(4-2)15-11-8-5-7-10(13)12(11)14/h5,7-9,15H,3-4,6H2,1-2H3. The monoisotopic (exact) mass is 229 g/mol. The normalized spacial score (nSPS) is 12.5. The second-order valence-corrected chi connectivity index (χ2v) is 4.05. The minimum atomic E-state index is -0.353. The summed E-state index contributed by atoms with van der Waals surface area (Å²) >= 11 is 5.70. The molecule has 0 bridgehead atoms. The zero-order valence-corrected chi connectivity index (χ0v) is 9.94. The number of halogens is 2. The van der Waals surface area contributed by atoms with Gasteiger partial charge in [-0.1, -0.05) is 37.9 Å². The lowest BCUT2D eigenvalue weighted by Gasteiger charge is -2.18. The van der Waals surface area contributed by atoms with E-state index in [1.54, 1.807) is 18.2 Å². The van der Waals surface area contributed by atoms with Crippen molar-refractivity contribution in [3.05, 3.63) is 29.0 Å². The van der Waals surface area contributed by atoms with Gasteiger partial charge in [-0.25, -0.2) is 4.39 Å². The predicted octanol–water partition coefficient (Wildman–Crippen LogP) is 4.47. The highest BCUT2D eigenvalue weighted by molar-refractivity contribution is 6.31. The molecule has 0 aliphatic carbocycles. The van der Waals surface area contributed by atoms with Crippen LogP contribution < -0.4 is 5.32 Å². The van der Waals surface area contributed by atoms with Gasteiger partial charge in [0.15, 0.2) is 5.82 Å². The zero-order valence-electron chi connectivity index (χ0n) is 9.19. The summed E-state index contributed by atoms with van der Waals surface area (Å²) in [5.74, 6) is -0.353. The van der Waals surface area contributed by atoms with E-state index in [2.05, 4.69) is 19.2 Å². The second kappa shape index (κ2) is 5.96. The lowest BCUT2D eigenvalue weighted by atomic mass is 10.1. The van der Waals surface area contributed by atoms with Gasteiger partial charge in [-0.05, 0) is 25.0 Å². The summed E-state index contributed by atoms with van der Waals surface area (Å²) in [6.45, 7) is 4.22. The van der Waals surface area contributed by atoms with E-state index in [9.17, 15) is 4.39 Å². The average Bonchev–Trinajstić information content (AvgIpc) is 2.24. The molecule has 1 rings (SSSR count). The highest BCUT2D eigenvalue weighted by atomic mass is 35.5. The molecule has 3 heteroatoms. The fraction of sp³-hybridized carbons (Fsp3) is 0.500. The Morgan fingerprint density at radius 1 is 1.40 bits per heavy atom. The van der Waals surface area contributed by atoms with Gasteiger partial charge in [0.2, 0.25) is 0 Å². The Morgan fingerprint density at radius 3 is 2.73 bits per heavy atom. The molecule has 1 atom stereocenters. The van der Waals surface area contributed by atoms with Crippen LogP contribution in [0.15, 0.2) is 18.2 Å². The summed E-state index contributed by atoms with van der Waals surface area (Å²) in [4.78, 5) is 0. The second-order valence-electron chi connectivity index (χ2n) is 3.64. The topological polar surface area (TPSA) is 12.0 Å². The van der Waals surface area contributed by atoms with Crippen molar-refractivity contribution in [3.8, 4) is 0 Å². The minimum absolute atomic E-state index is 0.173. The van der Waals surface area contributed by atoms with Gasteiger partial charge in [0, 0.05) is 6.04 Å². The van der Waals surface area contributed by atoms with E-state index in [-0.39, 0.29) is 10.8 Å². The van der Waals surface area contributed by atoms with Crippen molar-refractivity contribution in [2.75, 3.05) is 5.32 Å². The lowest BCUT2D eigenvalue weighted by molar-refractivity contribution is 0.599. The van der Waals surface area contributed by atoms with E-state index < -0.39 is 0 Å². The Labute approximate surface area is 95.6 Å². The summed E-state index contributed by atoms with van der Waals surface area (Å²) in [6.07, 6.45) is 3.12. The SMILES string of the molecule is CCCC(CC)Nc1cccc(Cl)c1F. The summed E-state index contributed by atoms with van der Waals surface area (Å²) in [7, 11) is 0. The van der Waals surface area contributed by atoms with E-state index in [4.69, 9.17) is 11.6 Å². The van der Waals surface area contributed by atoms with E-state index in [0.717, 1.165) is 19.3 Å². The fourth-order valence-corrected chi connectivity index (χ4v) is 1.74. The van der Waals surface area contributed by atoms with Crippen molar-refractivity contribution in [1.82, 2.24) is 0 Å². The van der Waals surface area contributed by atoms with Gasteiger partial charge in [0.1, 0.15) is 0 Å². The maximum Gasteiger partial charge on any atom is 0.164 e. The molecular weight excluding hydrogens is 213 g/mol. The van der Waals surface area contributed by atoms with Crippen LogP contribution in [0.1, 0.15) is 33.1 Å². The third kappa shape index (κ3) is 3.38. The molecule has 0 spiro atoms. The van der Waals surface area contributed by atoms with Gasteiger partial charge >= 0.3 is 0 Å². The molecule has 0 saturated heterocycles. The molecule has 1 nitrogen and oxygen atoms in total. The van der Waals surface area contributed by atoms with Crippen LogP contribution in [-0.2, 0) is 0 Å². The lowest BCUT2D eigenvalue weighted by Crippen LogP contribution is -2.18. The number of hydrogen-bond donors (Lipinski definition) is 1. The van der Waals surface area contributed by atoms with Crippen molar-refractivity contribution in [2.24, 2.45) is 0 Å². The highest BCUT2D eigenvalue weighted by Crippen LogP contribution is 2.23. The molecule has 0 aliphatic heterocycles. The highest BCUT2D eigenvalue weighted by Gasteiger charge is 2.10. The number of rotatable bonds is 5. The van der Waals surface area contributed by atoms with Crippen LogP contribution in [0.25, 0.3) is 0 Å². The Kier molecular flexibility index (Phi) is 4.89. The molecule has 0 radical (unpaired) electrons. The van der Waals surface area contributed by atoms with Crippen LogP contribution in [0.2, 0.25) is 5.02 Å². The summed E-state index contributed by atoms with van der Waals surface area (Å²) in [5.41, 5.74) is 0.503. The number of benzene rings is 1. The molecule has 0 heterocycles. The van der Waals surface area contributed by atoms with Gasteiger partial charge in [0.05, 0.1) is 10.7 Å². The molecule has 15 heavy (non-hydrogen) atoms. The van der Waals surface area contributed by atoms with Crippen LogP contribution >= 0.6 is 11.6 Å². The minimum Gasteiger partial charge on any atom is -0.380 e. The first-order valence-corrected chi connectivity index (χ1v) is 5.77. The number of nitrogens with one attached hydrogen (secondary N) is 1. The molecule has 1 unspecified atom stereocenters. The van der Waals surface area contributed by atoms with Crippen molar-refractivity contribution < 1.29 is 4.39 Å². The molecule has 0 saturated carbocycles. The quantitative estimate of drug-likeness (QED) is 0.786. The van der Waals surface area contributed by atoms with Gasteiger partial charge in [-0.15, -0.1) is 0 Å². The molecule has 1 N–H and O–H groups in total. The maximum atomic E-state index is 13.5. The van der Waals surface area contributed by atoms with Crippen LogP contribution in [0.5, 0.6) is 0 Å². The van der Waals surface area contributed by atoms with Crippen molar-refractivity contribution in [1.29, 1.82) is 0 Å². The molecule has 0 aliphatic rings. The Balaban J connectivity index is 2.74. The fourth-order valence-electron chi connectivity index (χ4n) is 1.56. The maximum absolute atomic E-state index is 13.5. The van der Waals surface area contributed by atoms with Crippen molar-refractivity contribution in [2.45, 2.75) is 39.2 Å². The molecule has 0 amide bonds. The largest absolute Gasteiger partial charge is 0.380 e. The summed E-state index contributed by atoms with van der Waals surface area (Å²) in [6, 6.07) is 5.36. The van der Waals surface area contributed by atoms with Crippen molar-refractivity contribution in [3.63, 3.8) is 0 Å². The van der Waals surface area contributed by atoms with E-state index >= 15 is 0 Å². The van der Waals surface area contributed by atoms with Gasteiger partial charge in [0.25, 0.3) is 0 Å². The molecule has 84 valence electrons.